The lowest BCUT2D eigenvalue weighted by molar-refractivity contribution is -0.249. The average molecular weight is 402 g/mol. The molecular weight excluding hydrogens is 368 g/mol. The SMILES string of the molecule is CCCCCCCCCCCCCC(=O)O[C@]1([C@@H](O)CO)OC(=O)C(O)=C1O. The molecule has 1 heterocycles. The lowest BCUT2D eigenvalue weighted by atomic mass is 10.1. The Morgan fingerprint density at radius 2 is 1.50 bits per heavy atom. The van der Waals surface area contributed by atoms with Gasteiger partial charge in [-0.1, -0.05) is 71.1 Å². The van der Waals surface area contributed by atoms with Crippen LogP contribution in [0.2, 0.25) is 0 Å². The smallest absolute Gasteiger partial charge is 0.381 e. The second kappa shape index (κ2) is 12.6. The molecule has 0 spiro atoms. The fourth-order valence-corrected chi connectivity index (χ4v) is 3.13. The summed E-state index contributed by atoms with van der Waals surface area (Å²) in [5, 5.41) is 38.1. The highest BCUT2D eigenvalue weighted by molar-refractivity contribution is 5.90. The van der Waals surface area contributed by atoms with Crippen molar-refractivity contribution in [1.82, 2.24) is 0 Å². The molecule has 8 heteroatoms. The lowest BCUT2D eigenvalue weighted by Gasteiger charge is -2.30. The van der Waals surface area contributed by atoms with E-state index in [0.29, 0.717) is 6.42 Å². The minimum absolute atomic E-state index is 0.00249. The molecular formula is C20H34O8. The van der Waals surface area contributed by atoms with Gasteiger partial charge in [0.2, 0.25) is 11.5 Å². The van der Waals surface area contributed by atoms with Crippen molar-refractivity contribution in [3.05, 3.63) is 11.5 Å². The number of cyclic esters (lactones) is 1. The molecule has 0 amide bonds. The van der Waals surface area contributed by atoms with Gasteiger partial charge in [-0.25, -0.2) is 4.79 Å². The average Bonchev–Trinajstić information content (AvgIpc) is 2.89. The zero-order valence-electron chi connectivity index (χ0n) is 16.7. The predicted molar refractivity (Wildman–Crippen MR) is 101 cm³/mol. The van der Waals surface area contributed by atoms with Crippen molar-refractivity contribution >= 4 is 11.9 Å². The number of aliphatic hydroxyl groups is 4. The first kappa shape index (κ1) is 24.2. The van der Waals surface area contributed by atoms with E-state index in [1.807, 2.05) is 0 Å². The van der Waals surface area contributed by atoms with Crippen molar-refractivity contribution in [1.29, 1.82) is 0 Å². The van der Waals surface area contributed by atoms with Crippen LogP contribution < -0.4 is 0 Å². The number of carbonyl (C=O) groups excluding carboxylic acids is 2. The van der Waals surface area contributed by atoms with E-state index in [0.717, 1.165) is 19.3 Å². The maximum absolute atomic E-state index is 12.0. The van der Waals surface area contributed by atoms with Crippen molar-refractivity contribution in [3.8, 4) is 0 Å². The third-order valence-corrected chi connectivity index (χ3v) is 4.85. The van der Waals surface area contributed by atoms with E-state index in [1.165, 1.54) is 44.9 Å². The summed E-state index contributed by atoms with van der Waals surface area (Å²) in [5.74, 6) is -7.02. The summed E-state index contributed by atoms with van der Waals surface area (Å²) in [7, 11) is 0. The molecule has 0 radical (unpaired) electrons. The summed E-state index contributed by atoms with van der Waals surface area (Å²) in [4.78, 5) is 23.4. The molecule has 1 aliphatic heterocycles. The largest absolute Gasteiger partial charge is 0.502 e. The predicted octanol–water partition coefficient (Wildman–Crippen LogP) is 3.16. The molecule has 2 atom stereocenters. The molecule has 0 saturated heterocycles. The van der Waals surface area contributed by atoms with Crippen molar-refractivity contribution < 1.29 is 39.5 Å². The van der Waals surface area contributed by atoms with E-state index in [1.54, 1.807) is 0 Å². The summed E-state index contributed by atoms with van der Waals surface area (Å²) in [5.41, 5.74) is 0. The Kier molecular flexibility index (Phi) is 10.9. The van der Waals surface area contributed by atoms with E-state index in [-0.39, 0.29) is 6.42 Å². The van der Waals surface area contributed by atoms with Crippen molar-refractivity contribution in [2.24, 2.45) is 0 Å². The Labute approximate surface area is 166 Å². The zero-order valence-corrected chi connectivity index (χ0v) is 16.7. The van der Waals surface area contributed by atoms with Crippen LogP contribution >= 0.6 is 0 Å². The lowest BCUT2D eigenvalue weighted by Crippen LogP contribution is -2.50. The van der Waals surface area contributed by atoms with Crippen LogP contribution in [0.3, 0.4) is 0 Å². The number of carbonyl (C=O) groups is 2. The Hall–Kier alpha value is -1.80. The van der Waals surface area contributed by atoms with Gasteiger partial charge in [0.25, 0.3) is 0 Å². The monoisotopic (exact) mass is 402 g/mol. The highest BCUT2D eigenvalue weighted by Crippen LogP contribution is 2.35. The summed E-state index contributed by atoms with van der Waals surface area (Å²) < 4.78 is 9.57. The van der Waals surface area contributed by atoms with Gasteiger partial charge in [-0.3, -0.25) is 4.79 Å². The Balaban J connectivity index is 2.26. The van der Waals surface area contributed by atoms with Crippen molar-refractivity contribution in [2.75, 3.05) is 6.61 Å². The minimum atomic E-state index is -2.59. The normalized spacial score (nSPS) is 20.3. The Bertz CT molecular complexity index is 530. The minimum Gasteiger partial charge on any atom is -0.502 e. The van der Waals surface area contributed by atoms with Crippen LogP contribution in [-0.4, -0.2) is 50.9 Å². The molecule has 1 aliphatic rings. The first-order chi connectivity index (χ1) is 13.4. The first-order valence-electron chi connectivity index (χ1n) is 10.3. The zero-order chi connectivity index (χ0) is 21.0. The second-order valence-corrected chi connectivity index (χ2v) is 7.21. The number of hydrogen-bond acceptors (Lipinski definition) is 8. The first-order valence-corrected chi connectivity index (χ1v) is 10.3. The van der Waals surface area contributed by atoms with Gasteiger partial charge < -0.3 is 29.9 Å². The summed E-state index contributed by atoms with van der Waals surface area (Å²) in [6.07, 6.45) is 10.4. The third-order valence-electron chi connectivity index (χ3n) is 4.85. The Morgan fingerprint density at radius 1 is 1.00 bits per heavy atom. The molecule has 1 rings (SSSR count). The van der Waals surface area contributed by atoms with Crippen LogP contribution in [0.15, 0.2) is 11.5 Å². The van der Waals surface area contributed by atoms with Gasteiger partial charge in [-0.15, -0.1) is 0 Å². The molecule has 0 aliphatic carbocycles. The molecule has 0 bridgehead atoms. The van der Waals surface area contributed by atoms with Crippen LogP contribution in [0.4, 0.5) is 0 Å². The molecule has 28 heavy (non-hydrogen) atoms. The van der Waals surface area contributed by atoms with Crippen LogP contribution in [0, 0.1) is 0 Å². The fourth-order valence-electron chi connectivity index (χ4n) is 3.13. The number of aliphatic hydroxyl groups excluding tert-OH is 4. The molecule has 0 unspecified atom stereocenters. The number of rotatable bonds is 15. The number of unbranched alkanes of at least 4 members (excludes halogenated alkanes) is 10. The molecule has 0 aromatic heterocycles. The molecule has 162 valence electrons. The molecule has 0 aromatic carbocycles. The van der Waals surface area contributed by atoms with Gasteiger partial charge in [-0.05, 0) is 6.42 Å². The van der Waals surface area contributed by atoms with Gasteiger partial charge in [0.1, 0.15) is 0 Å². The van der Waals surface area contributed by atoms with E-state index in [9.17, 15) is 24.9 Å². The van der Waals surface area contributed by atoms with Gasteiger partial charge in [0, 0.05) is 6.42 Å². The Morgan fingerprint density at radius 3 is 1.93 bits per heavy atom. The molecule has 0 aromatic rings. The van der Waals surface area contributed by atoms with Gasteiger partial charge in [0.05, 0.1) is 6.61 Å². The van der Waals surface area contributed by atoms with E-state index < -0.39 is 42.0 Å². The summed E-state index contributed by atoms with van der Waals surface area (Å²) >= 11 is 0. The third kappa shape index (κ3) is 6.98. The van der Waals surface area contributed by atoms with Gasteiger partial charge in [0.15, 0.2) is 6.10 Å². The van der Waals surface area contributed by atoms with Crippen LogP contribution in [-0.2, 0) is 19.1 Å². The highest BCUT2D eigenvalue weighted by atomic mass is 16.8. The standard InChI is InChI=1S/C20H34O8/c1-2-3-4-5-6-7-8-9-10-11-12-13-16(23)27-20(15(22)14-21)18(25)17(24)19(26)28-20/h15,21-22,24-25H,2-14H2,1H3/t15-,20+/m0/s1. The summed E-state index contributed by atoms with van der Waals surface area (Å²) in [6.45, 7) is 1.25. The van der Waals surface area contributed by atoms with Crippen molar-refractivity contribution in [3.63, 3.8) is 0 Å². The maximum atomic E-state index is 12.0. The van der Waals surface area contributed by atoms with Gasteiger partial charge in [-0.2, -0.15) is 0 Å². The maximum Gasteiger partial charge on any atom is 0.381 e. The fraction of sp³-hybridized carbons (Fsp3) is 0.800. The molecule has 4 N–H and O–H groups in total. The number of ether oxygens (including phenoxy) is 2. The number of esters is 2. The highest BCUT2D eigenvalue weighted by Gasteiger charge is 2.57. The van der Waals surface area contributed by atoms with E-state index >= 15 is 0 Å². The molecule has 0 saturated carbocycles. The topological polar surface area (TPSA) is 134 Å². The summed E-state index contributed by atoms with van der Waals surface area (Å²) in [6, 6.07) is 0. The molecule has 8 nitrogen and oxygen atoms in total. The quantitative estimate of drug-likeness (QED) is 0.242. The van der Waals surface area contributed by atoms with Crippen LogP contribution in [0.1, 0.15) is 84.0 Å². The van der Waals surface area contributed by atoms with Crippen LogP contribution in [0.25, 0.3) is 0 Å². The second-order valence-electron chi connectivity index (χ2n) is 7.21. The van der Waals surface area contributed by atoms with E-state index in [2.05, 4.69) is 11.7 Å². The van der Waals surface area contributed by atoms with Crippen molar-refractivity contribution in [2.45, 2.75) is 95.9 Å². The van der Waals surface area contributed by atoms with Crippen LogP contribution in [0.5, 0.6) is 0 Å². The number of hydrogen-bond donors (Lipinski definition) is 4. The molecule has 0 fully saturated rings. The van der Waals surface area contributed by atoms with Gasteiger partial charge >= 0.3 is 17.7 Å². The van der Waals surface area contributed by atoms with E-state index in [4.69, 9.17) is 9.84 Å².